The maximum atomic E-state index is 13.3. The van der Waals surface area contributed by atoms with Gasteiger partial charge in [-0.25, -0.2) is 9.37 Å². The maximum absolute atomic E-state index is 13.3. The molecule has 1 heterocycles. The maximum Gasteiger partial charge on any atom is 0.229 e. The minimum atomic E-state index is -0.422. The number of ketones is 1. The predicted molar refractivity (Wildman–Crippen MR) is 51.9 cm³/mol. The highest BCUT2D eigenvalue weighted by molar-refractivity contribution is 5.92. The first kappa shape index (κ1) is 9.58. The number of Topliss-reactive ketones (excluding diaryl/α,β-unsaturated/α-hetero) is 1. The van der Waals surface area contributed by atoms with E-state index in [1.165, 1.54) is 19.3 Å². The summed E-state index contributed by atoms with van der Waals surface area (Å²) in [5, 5.41) is 0. The van der Waals surface area contributed by atoms with Crippen molar-refractivity contribution in [1.29, 1.82) is 0 Å². The number of aromatic nitrogens is 1. The molecule has 0 saturated carbocycles. The Kier molecular flexibility index (Phi) is 2.33. The first-order valence-corrected chi connectivity index (χ1v) is 4.40. The number of hydrogen-bond acceptors (Lipinski definition) is 3. The molecule has 0 fully saturated rings. The summed E-state index contributed by atoms with van der Waals surface area (Å²) in [7, 11) is 0. The van der Waals surface area contributed by atoms with Gasteiger partial charge >= 0.3 is 0 Å². The molecular formula is C11H8FNO2. The zero-order valence-electron chi connectivity index (χ0n) is 8.03. The standard InChI is InChI=1S/C11H8FNO2/c1-7(14)10-6-15-11(13-10)8-4-2-3-5-9(8)12/h2-6H,1H3. The average Bonchev–Trinajstić information content (AvgIpc) is 2.67. The molecule has 0 saturated heterocycles. The topological polar surface area (TPSA) is 43.1 Å². The van der Waals surface area contributed by atoms with Crippen molar-refractivity contribution in [2.75, 3.05) is 0 Å². The zero-order valence-corrected chi connectivity index (χ0v) is 8.03. The Morgan fingerprint density at radius 1 is 1.40 bits per heavy atom. The molecule has 0 radical (unpaired) electrons. The molecule has 15 heavy (non-hydrogen) atoms. The number of oxazole rings is 1. The number of carbonyl (C=O) groups is 1. The van der Waals surface area contributed by atoms with Crippen molar-refractivity contribution in [1.82, 2.24) is 4.98 Å². The average molecular weight is 205 g/mol. The van der Waals surface area contributed by atoms with Crippen LogP contribution in [0.3, 0.4) is 0 Å². The summed E-state index contributed by atoms with van der Waals surface area (Å²) in [6.45, 7) is 1.38. The molecular weight excluding hydrogens is 197 g/mol. The van der Waals surface area contributed by atoms with Crippen LogP contribution in [0.2, 0.25) is 0 Å². The van der Waals surface area contributed by atoms with E-state index >= 15 is 0 Å². The van der Waals surface area contributed by atoms with E-state index in [-0.39, 0.29) is 22.9 Å². The normalized spacial score (nSPS) is 10.3. The first-order chi connectivity index (χ1) is 7.18. The van der Waals surface area contributed by atoms with E-state index in [1.807, 2.05) is 0 Å². The van der Waals surface area contributed by atoms with E-state index in [4.69, 9.17) is 4.42 Å². The van der Waals surface area contributed by atoms with Gasteiger partial charge in [0.05, 0.1) is 5.56 Å². The van der Waals surface area contributed by atoms with Gasteiger partial charge in [-0.3, -0.25) is 4.79 Å². The first-order valence-electron chi connectivity index (χ1n) is 4.40. The van der Waals surface area contributed by atoms with Crippen molar-refractivity contribution in [3.05, 3.63) is 42.0 Å². The van der Waals surface area contributed by atoms with Gasteiger partial charge in [0.15, 0.2) is 5.78 Å². The highest BCUT2D eigenvalue weighted by Gasteiger charge is 2.12. The SMILES string of the molecule is CC(=O)c1coc(-c2ccccc2F)n1. The summed E-state index contributed by atoms with van der Waals surface area (Å²) in [5.41, 5.74) is 0.457. The van der Waals surface area contributed by atoms with Crippen LogP contribution in [0.1, 0.15) is 17.4 Å². The molecule has 0 amide bonds. The lowest BCUT2D eigenvalue weighted by Gasteiger charge is -1.95. The number of hydrogen-bond donors (Lipinski definition) is 0. The molecule has 0 N–H and O–H groups in total. The molecule has 0 unspecified atom stereocenters. The van der Waals surface area contributed by atoms with E-state index in [9.17, 15) is 9.18 Å². The van der Waals surface area contributed by atoms with Crippen molar-refractivity contribution in [2.24, 2.45) is 0 Å². The summed E-state index contributed by atoms with van der Waals surface area (Å²) in [4.78, 5) is 14.8. The van der Waals surface area contributed by atoms with Crippen molar-refractivity contribution < 1.29 is 13.6 Å². The van der Waals surface area contributed by atoms with Crippen LogP contribution in [0.5, 0.6) is 0 Å². The van der Waals surface area contributed by atoms with E-state index < -0.39 is 5.82 Å². The van der Waals surface area contributed by atoms with Crippen molar-refractivity contribution in [3.8, 4) is 11.5 Å². The monoisotopic (exact) mass is 205 g/mol. The smallest absolute Gasteiger partial charge is 0.229 e. The Morgan fingerprint density at radius 3 is 2.73 bits per heavy atom. The quantitative estimate of drug-likeness (QED) is 0.708. The highest BCUT2D eigenvalue weighted by atomic mass is 19.1. The van der Waals surface area contributed by atoms with Gasteiger partial charge in [0.1, 0.15) is 17.8 Å². The molecule has 0 aliphatic heterocycles. The second kappa shape index (κ2) is 3.65. The molecule has 1 aromatic carbocycles. The molecule has 76 valence electrons. The number of carbonyl (C=O) groups excluding carboxylic acids is 1. The van der Waals surface area contributed by atoms with Crippen LogP contribution in [0, 0.1) is 5.82 Å². The fourth-order valence-electron chi connectivity index (χ4n) is 1.19. The molecule has 0 aliphatic carbocycles. The van der Waals surface area contributed by atoms with Gasteiger partial charge < -0.3 is 4.42 Å². The third-order valence-corrected chi connectivity index (χ3v) is 1.97. The Balaban J connectivity index is 2.46. The van der Waals surface area contributed by atoms with Crippen LogP contribution >= 0.6 is 0 Å². The van der Waals surface area contributed by atoms with Gasteiger partial charge in [-0.15, -0.1) is 0 Å². The third-order valence-electron chi connectivity index (χ3n) is 1.97. The second-order valence-corrected chi connectivity index (χ2v) is 3.07. The fourth-order valence-corrected chi connectivity index (χ4v) is 1.19. The van der Waals surface area contributed by atoms with Crippen LogP contribution in [-0.2, 0) is 0 Å². The van der Waals surface area contributed by atoms with E-state index in [0.29, 0.717) is 0 Å². The molecule has 0 spiro atoms. The van der Waals surface area contributed by atoms with Crippen molar-refractivity contribution in [3.63, 3.8) is 0 Å². The third kappa shape index (κ3) is 1.79. The highest BCUT2D eigenvalue weighted by Crippen LogP contribution is 2.21. The molecule has 0 aliphatic rings. The molecule has 3 nitrogen and oxygen atoms in total. The van der Waals surface area contributed by atoms with Gasteiger partial charge in [0.25, 0.3) is 0 Å². The van der Waals surface area contributed by atoms with Crippen molar-refractivity contribution in [2.45, 2.75) is 6.92 Å². The molecule has 0 bridgehead atoms. The number of rotatable bonds is 2. The largest absolute Gasteiger partial charge is 0.444 e. The van der Waals surface area contributed by atoms with Crippen LogP contribution in [0.25, 0.3) is 11.5 Å². The van der Waals surface area contributed by atoms with Gasteiger partial charge in [0, 0.05) is 6.92 Å². The lowest BCUT2D eigenvalue weighted by Crippen LogP contribution is -1.91. The zero-order chi connectivity index (χ0) is 10.8. The Labute approximate surface area is 85.6 Å². The van der Waals surface area contributed by atoms with Crippen LogP contribution in [-0.4, -0.2) is 10.8 Å². The molecule has 1 aromatic heterocycles. The van der Waals surface area contributed by atoms with E-state index in [2.05, 4.69) is 4.98 Å². The summed E-state index contributed by atoms with van der Waals surface area (Å²) < 4.78 is 18.3. The molecule has 0 atom stereocenters. The second-order valence-electron chi connectivity index (χ2n) is 3.07. The minimum absolute atomic E-state index is 0.123. The van der Waals surface area contributed by atoms with E-state index in [0.717, 1.165) is 0 Å². The van der Waals surface area contributed by atoms with Gasteiger partial charge in [-0.05, 0) is 12.1 Å². The summed E-state index contributed by atoms with van der Waals surface area (Å²) in [6.07, 6.45) is 1.23. The number of halogens is 1. The van der Waals surface area contributed by atoms with E-state index in [1.54, 1.807) is 18.2 Å². The number of nitrogens with zero attached hydrogens (tertiary/aromatic N) is 1. The van der Waals surface area contributed by atoms with Crippen LogP contribution < -0.4 is 0 Å². The molecule has 2 rings (SSSR count). The summed E-state index contributed by atoms with van der Waals surface area (Å²) >= 11 is 0. The molecule has 2 aromatic rings. The van der Waals surface area contributed by atoms with Gasteiger partial charge in [-0.1, -0.05) is 12.1 Å². The minimum Gasteiger partial charge on any atom is -0.444 e. The number of benzene rings is 1. The van der Waals surface area contributed by atoms with Gasteiger partial charge in [0.2, 0.25) is 5.89 Å². The van der Waals surface area contributed by atoms with Crippen LogP contribution in [0.15, 0.2) is 34.9 Å². The Bertz CT molecular complexity index is 505. The summed E-state index contributed by atoms with van der Waals surface area (Å²) in [6, 6.07) is 6.11. The van der Waals surface area contributed by atoms with Crippen molar-refractivity contribution >= 4 is 5.78 Å². The predicted octanol–water partition coefficient (Wildman–Crippen LogP) is 2.68. The Hall–Kier alpha value is -1.97. The lowest BCUT2D eigenvalue weighted by atomic mass is 10.2. The molecule has 4 heteroatoms. The fraction of sp³-hybridized carbons (Fsp3) is 0.0909. The van der Waals surface area contributed by atoms with Gasteiger partial charge in [-0.2, -0.15) is 0 Å². The summed E-state index contributed by atoms with van der Waals surface area (Å²) in [5.74, 6) is -0.505. The van der Waals surface area contributed by atoms with Crippen LogP contribution in [0.4, 0.5) is 4.39 Å². The Morgan fingerprint density at radius 2 is 2.13 bits per heavy atom. The lowest BCUT2D eigenvalue weighted by molar-refractivity contribution is 0.101.